The van der Waals surface area contributed by atoms with Gasteiger partial charge >= 0.3 is 0 Å². The zero-order chi connectivity index (χ0) is 11.6. The number of nitrogens with one attached hydrogen (secondary N) is 1. The van der Waals surface area contributed by atoms with Gasteiger partial charge in [0.2, 0.25) is 0 Å². The first kappa shape index (κ1) is 14.2. The number of rotatable bonds is 10. The average molecular weight is 207 g/mol. The van der Waals surface area contributed by atoms with Crippen molar-refractivity contribution in [2.24, 2.45) is 0 Å². The maximum atomic E-state index is 3.95. The molecule has 0 saturated carbocycles. The third kappa shape index (κ3) is 5.58. The SMILES string of the molecule is C=CCCCC(C=C)(CCCC=C)NC. The highest BCUT2D eigenvalue weighted by atomic mass is 14.9. The zero-order valence-corrected chi connectivity index (χ0v) is 10.1. The van der Waals surface area contributed by atoms with E-state index in [2.05, 4.69) is 31.1 Å². The Balaban J connectivity index is 4.09. The van der Waals surface area contributed by atoms with Crippen molar-refractivity contribution in [3.05, 3.63) is 38.0 Å². The van der Waals surface area contributed by atoms with Gasteiger partial charge in [-0.05, 0) is 45.6 Å². The van der Waals surface area contributed by atoms with E-state index in [1.54, 1.807) is 0 Å². The van der Waals surface area contributed by atoms with Gasteiger partial charge in [0.1, 0.15) is 0 Å². The van der Waals surface area contributed by atoms with E-state index < -0.39 is 0 Å². The van der Waals surface area contributed by atoms with Crippen LogP contribution in [-0.2, 0) is 0 Å². The van der Waals surface area contributed by atoms with Gasteiger partial charge in [-0.2, -0.15) is 0 Å². The van der Waals surface area contributed by atoms with E-state index in [1.807, 2.05) is 19.2 Å². The zero-order valence-electron chi connectivity index (χ0n) is 10.1. The Bertz CT molecular complexity index is 180. The molecule has 86 valence electrons. The van der Waals surface area contributed by atoms with Crippen molar-refractivity contribution in [1.82, 2.24) is 5.32 Å². The summed E-state index contributed by atoms with van der Waals surface area (Å²) in [4.78, 5) is 0. The molecular weight excluding hydrogens is 182 g/mol. The first-order chi connectivity index (χ1) is 7.24. The molecule has 0 aliphatic heterocycles. The van der Waals surface area contributed by atoms with E-state index >= 15 is 0 Å². The van der Waals surface area contributed by atoms with Gasteiger partial charge in [-0.25, -0.2) is 0 Å². The maximum absolute atomic E-state index is 3.95. The van der Waals surface area contributed by atoms with Gasteiger partial charge in [0.05, 0.1) is 0 Å². The van der Waals surface area contributed by atoms with Crippen LogP contribution in [0.25, 0.3) is 0 Å². The lowest BCUT2D eigenvalue weighted by Crippen LogP contribution is -2.40. The first-order valence-corrected chi connectivity index (χ1v) is 5.79. The lowest BCUT2D eigenvalue weighted by molar-refractivity contribution is 0.361. The van der Waals surface area contributed by atoms with Crippen LogP contribution in [0.4, 0.5) is 0 Å². The monoisotopic (exact) mass is 207 g/mol. The fourth-order valence-corrected chi connectivity index (χ4v) is 1.80. The molecule has 0 heterocycles. The van der Waals surface area contributed by atoms with Gasteiger partial charge in [0.25, 0.3) is 0 Å². The number of hydrogen-bond donors (Lipinski definition) is 1. The normalized spacial score (nSPS) is 11.0. The number of hydrogen-bond acceptors (Lipinski definition) is 1. The van der Waals surface area contributed by atoms with Crippen LogP contribution in [0.5, 0.6) is 0 Å². The third-order valence-corrected chi connectivity index (χ3v) is 2.95. The van der Waals surface area contributed by atoms with Gasteiger partial charge in [-0.15, -0.1) is 19.7 Å². The molecule has 0 saturated heterocycles. The minimum atomic E-state index is 0.103. The minimum Gasteiger partial charge on any atom is -0.311 e. The van der Waals surface area contributed by atoms with E-state index in [4.69, 9.17) is 0 Å². The Morgan fingerprint density at radius 1 is 1.00 bits per heavy atom. The second-order valence-electron chi connectivity index (χ2n) is 3.97. The Labute approximate surface area is 95.0 Å². The fraction of sp³-hybridized carbons (Fsp3) is 0.571. The summed E-state index contributed by atoms with van der Waals surface area (Å²) in [5.41, 5.74) is 0.103. The van der Waals surface area contributed by atoms with Gasteiger partial charge in [0.15, 0.2) is 0 Å². The molecule has 0 unspecified atom stereocenters. The van der Waals surface area contributed by atoms with Crippen molar-refractivity contribution in [3.8, 4) is 0 Å². The lowest BCUT2D eigenvalue weighted by Gasteiger charge is -2.30. The standard InChI is InChI=1S/C14H25N/c1-5-8-10-12-14(7-3,15-4)13-11-9-6-2/h5-7,15H,1-3,8-13H2,4H3. The minimum absolute atomic E-state index is 0.103. The van der Waals surface area contributed by atoms with E-state index in [0.717, 1.165) is 25.7 Å². The topological polar surface area (TPSA) is 12.0 Å². The number of unbranched alkanes of at least 4 members (excludes halogenated alkanes) is 2. The lowest BCUT2D eigenvalue weighted by atomic mass is 9.87. The molecule has 0 aliphatic carbocycles. The fourth-order valence-electron chi connectivity index (χ4n) is 1.80. The summed E-state index contributed by atoms with van der Waals surface area (Å²) in [6.45, 7) is 11.4. The Morgan fingerprint density at radius 3 is 1.73 bits per heavy atom. The average Bonchev–Trinajstić information content (AvgIpc) is 2.28. The molecule has 1 nitrogen and oxygen atoms in total. The van der Waals surface area contributed by atoms with Crippen LogP contribution in [0.15, 0.2) is 38.0 Å². The third-order valence-electron chi connectivity index (χ3n) is 2.95. The van der Waals surface area contributed by atoms with Crippen molar-refractivity contribution >= 4 is 0 Å². The van der Waals surface area contributed by atoms with Gasteiger partial charge in [-0.1, -0.05) is 18.2 Å². The molecule has 0 radical (unpaired) electrons. The van der Waals surface area contributed by atoms with Crippen LogP contribution < -0.4 is 5.32 Å². The highest BCUT2D eigenvalue weighted by molar-refractivity contribution is 5.02. The highest BCUT2D eigenvalue weighted by Crippen LogP contribution is 2.22. The quantitative estimate of drug-likeness (QED) is 0.424. The summed E-state index contributed by atoms with van der Waals surface area (Å²) in [7, 11) is 2.02. The van der Waals surface area contributed by atoms with E-state index in [-0.39, 0.29) is 5.54 Å². The molecule has 0 aliphatic rings. The molecule has 0 aromatic rings. The molecule has 0 fully saturated rings. The molecule has 0 rings (SSSR count). The summed E-state index contributed by atoms with van der Waals surface area (Å²) in [5.74, 6) is 0. The summed E-state index contributed by atoms with van der Waals surface area (Å²) < 4.78 is 0. The largest absolute Gasteiger partial charge is 0.311 e. The van der Waals surface area contributed by atoms with E-state index in [9.17, 15) is 0 Å². The van der Waals surface area contributed by atoms with Crippen LogP contribution in [0.1, 0.15) is 38.5 Å². The highest BCUT2D eigenvalue weighted by Gasteiger charge is 2.22. The van der Waals surface area contributed by atoms with Crippen molar-refractivity contribution in [2.75, 3.05) is 7.05 Å². The van der Waals surface area contributed by atoms with Crippen LogP contribution >= 0.6 is 0 Å². The first-order valence-electron chi connectivity index (χ1n) is 5.79. The van der Waals surface area contributed by atoms with Crippen LogP contribution in [0.3, 0.4) is 0 Å². The van der Waals surface area contributed by atoms with E-state index in [1.165, 1.54) is 12.8 Å². The molecule has 0 spiro atoms. The summed E-state index contributed by atoms with van der Waals surface area (Å²) in [6.07, 6.45) is 12.8. The molecular formula is C14H25N. The smallest absolute Gasteiger partial charge is 0.0359 e. The molecule has 0 amide bonds. The molecule has 1 N–H and O–H groups in total. The van der Waals surface area contributed by atoms with Crippen molar-refractivity contribution in [3.63, 3.8) is 0 Å². The van der Waals surface area contributed by atoms with Crippen LogP contribution in [-0.4, -0.2) is 12.6 Å². The maximum Gasteiger partial charge on any atom is 0.0359 e. The predicted molar refractivity (Wildman–Crippen MR) is 70.1 cm³/mol. The molecule has 15 heavy (non-hydrogen) atoms. The van der Waals surface area contributed by atoms with Crippen LogP contribution in [0.2, 0.25) is 0 Å². The number of allylic oxidation sites excluding steroid dienone is 2. The summed E-state index contributed by atoms with van der Waals surface area (Å²) in [5, 5.41) is 3.40. The van der Waals surface area contributed by atoms with Gasteiger partial charge < -0.3 is 5.32 Å². The summed E-state index contributed by atoms with van der Waals surface area (Å²) in [6, 6.07) is 0. The summed E-state index contributed by atoms with van der Waals surface area (Å²) >= 11 is 0. The van der Waals surface area contributed by atoms with Crippen molar-refractivity contribution in [1.29, 1.82) is 0 Å². The molecule has 0 atom stereocenters. The van der Waals surface area contributed by atoms with Crippen molar-refractivity contribution in [2.45, 2.75) is 44.1 Å². The Kier molecular flexibility index (Phi) is 8.02. The second kappa shape index (κ2) is 8.49. The second-order valence-corrected chi connectivity index (χ2v) is 3.97. The van der Waals surface area contributed by atoms with Gasteiger partial charge in [0, 0.05) is 5.54 Å². The Hall–Kier alpha value is -0.820. The molecule has 0 aromatic heterocycles. The van der Waals surface area contributed by atoms with Gasteiger partial charge in [-0.3, -0.25) is 0 Å². The van der Waals surface area contributed by atoms with Crippen molar-refractivity contribution < 1.29 is 0 Å². The molecule has 1 heteroatoms. The number of likely N-dealkylation sites (N-methyl/N-ethyl adjacent to an activating group) is 1. The molecule has 0 aromatic carbocycles. The van der Waals surface area contributed by atoms with Crippen LogP contribution in [0, 0.1) is 0 Å². The molecule has 0 bridgehead atoms. The van der Waals surface area contributed by atoms with E-state index in [0.29, 0.717) is 0 Å². The predicted octanol–water partition coefficient (Wildman–Crippen LogP) is 3.84. The Morgan fingerprint density at radius 2 is 1.47 bits per heavy atom.